The first-order valence-corrected chi connectivity index (χ1v) is 8.89. The van der Waals surface area contributed by atoms with E-state index in [-0.39, 0.29) is 18.2 Å². The van der Waals surface area contributed by atoms with Gasteiger partial charge in [-0.2, -0.15) is 13.2 Å². The van der Waals surface area contributed by atoms with Crippen molar-refractivity contribution in [3.8, 4) is 5.88 Å². The van der Waals surface area contributed by atoms with E-state index < -0.39 is 17.6 Å². The fraction of sp³-hybridized carbons (Fsp3) is 0.421. The maximum absolute atomic E-state index is 13.2. The molecular weight excluding hydrogens is 373 g/mol. The number of alkyl halides is 3. The summed E-state index contributed by atoms with van der Waals surface area (Å²) in [6.45, 7) is 0.582. The highest BCUT2D eigenvalue weighted by molar-refractivity contribution is 5.96. The SMILES string of the molecule is CN(C)c1ccc(OC2CCCN(C(=O)c3ccccc3C(F)(F)F)C2)nn1. The zero-order chi connectivity index (χ0) is 20.3. The van der Waals surface area contributed by atoms with Crippen LogP contribution < -0.4 is 9.64 Å². The zero-order valence-corrected chi connectivity index (χ0v) is 15.6. The molecular formula is C19H21F3N4O2. The van der Waals surface area contributed by atoms with Gasteiger partial charge in [0.25, 0.3) is 5.91 Å². The highest BCUT2D eigenvalue weighted by atomic mass is 19.4. The largest absolute Gasteiger partial charge is 0.471 e. The van der Waals surface area contributed by atoms with Gasteiger partial charge in [0.05, 0.1) is 17.7 Å². The summed E-state index contributed by atoms with van der Waals surface area (Å²) >= 11 is 0. The van der Waals surface area contributed by atoms with Crippen molar-refractivity contribution < 1.29 is 22.7 Å². The van der Waals surface area contributed by atoms with Crippen molar-refractivity contribution in [3.05, 3.63) is 47.5 Å². The van der Waals surface area contributed by atoms with Gasteiger partial charge in [-0.1, -0.05) is 12.1 Å². The Kier molecular flexibility index (Phi) is 5.71. The summed E-state index contributed by atoms with van der Waals surface area (Å²) < 4.78 is 45.4. The van der Waals surface area contributed by atoms with Crippen LogP contribution in [0.1, 0.15) is 28.8 Å². The molecule has 6 nitrogen and oxygen atoms in total. The zero-order valence-electron chi connectivity index (χ0n) is 15.6. The van der Waals surface area contributed by atoms with Gasteiger partial charge in [-0.3, -0.25) is 4.79 Å². The van der Waals surface area contributed by atoms with Crippen molar-refractivity contribution in [1.29, 1.82) is 0 Å². The number of carbonyl (C=O) groups is 1. The average molecular weight is 394 g/mol. The number of hydrogen-bond acceptors (Lipinski definition) is 5. The lowest BCUT2D eigenvalue weighted by atomic mass is 10.0. The molecule has 1 unspecified atom stereocenters. The summed E-state index contributed by atoms with van der Waals surface area (Å²) in [5.41, 5.74) is -1.26. The maximum Gasteiger partial charge on any atom is 0.417 e. The molecule has 1 aliphatic heterocycles. The minimum absolute atomic E-state index is 0.197. The van der Waals surface area contributed by atoms with Crippen LogP contribution in [0.15, 0.2) is 36.4 Å². The third-order valence-electron chi connectivity index (χ3n) is 4.50. The van der Waals surface area contributed by atoms with E-state index in [2.05, 4.69) is 10.2 Å². The minimum atomic E-state index is -4.58. The Labute approximate surface area is 160 Å². The molecule has 1 fully saturated rings. The molecule has 1 saturated heterocycles. The van der Waals surface area contributed by atoms with Crippen molar-refractivity contribution in [2.24, 2.45) is 0 Å². The van der Waals surface area contributed by atoms with Crippen LogP contribution in [0.5, 0.6) is 5.88 Å². The van der Waals surface area contributed by atoms with Crippen LogP contribution in [0.3, 0.4) is 0 Å². The average Bonchev–Trinajstić information content (AvgIpc) is 2.67. The van der Waals surface area contributed by atoms with Crippen LogP contribution in [0.4, 0.5) is 19.0 Å². The highest BCUT2D eigenvalue weighted by Crippen LogP contribution is 2.32. The van der Waals surface area contributed by atoms with Gasteiger partial charge in [-0.15, -0.1) is 10.2 Å². The summed E-state index contributed by atoms with van der Waals surface area (Å²) in [5.74, 6) is 0.354. The molecule has 0 saturated carbocycles. The van der Waals surface area contributed by atoms with Crippen molar-refractivity contribution in [2.75, 3.05) is 32.1 Å². The van der Waals surface area contributed by atoms with Gasteiger partial charge < -0.3 is 14.5 Å². The molecule has 1 aromatic heterocycles. The molecule has 1 atom stereocenters. The van der Waals surface area contributed by atoms with Crippen molar-refractivity contribution in [1.82, 2.24) is 15.1 Å². The summed E-state index contributed by atoms with van der Waals surface area (Å²) in [5, 5.41) is 8.03. The number of likely N-dealkylation sites (tertiary alicyclic amines) is 1. The molecule has 1 amide bonds. The third kappa shape index (κ3) is 4.52. The molecule has 2 aromatic rings. The lowest BCUT2D eigenvalue weighted by Gasteiger charge is -2.33. The molecule has 2 heterocycles. The Morgan fingerprint density at radius 3 is 2.57 bits per heavy atom. The molecule has 0 aliphatic carbocycles. The van der Waals surface area contributed by atoms with E-state index in [0.717, 1.165) is 6.07 Å². The highest BCUT2D eigenvalue weighted by Gasteiger charge is 2.36. The van der Waals surface area contributed by atoms with Gasteiger partial charge in [0.2, 0.25) is 5.88 Å². The van der Waals surface area contributed by atoms with Crippen LogP contribution in [0, 0.1) is 0 Å². The summed E-state index contributed by atoms with van der Waals surface area (Å²) in [6.07, 6.45) is -3.62. The molecule has 0 radical (unpaired) electrons. The first-order chi connectivity index (χ1) is 13.3. The standard InChI is InChI=1S/C19H21F3N4O2/c1-25(2)16-9-10-17(24-23-16)28-13-6-5-11-26(12-13)18(27)14-7-3-4-8-15(14)19(20,21)22/h3-4,7-10,13H,5-6,11-12H2,1-2H3. The third-order valence-corrected chi connectivity index (χ3v) is 4.50. The minimum Gasteiger partial charge on any atom is -0.471 e. The van der Waals surface area contributed by atoms with Crippen LogP contribution in [-0.4, -0.2) is 54.3 Å². The Balaban J connectivity index is 1.70. The predicted octanol–water partition coefficient (Wildman–Crippen LogP) is 3.25. The molecule has 0 spiro atoms. The van der Waals surface area contributed by atoms with Gasteiger partial charge in [0.1, 0.15) is 6.10 Å². The van der Waals surface area contributed by atoms with E-state index >= 15 is 0 Å². The number of aromatic nitrogens is 2. The number of benzene rings is 1. The number of nitrogens with zero attached hydrogens (tertiary/aromatic N) is 4. The lowest BCUT2D eigenvalue weighted by Crippen LogP contribution is -2.45. The van der Waals surface area contributed by atoms with E-state index in [1.165, 1.54) is 23.1 Å². The fourth-order valence-corrected chi connectivity index (χ4v) is 3.09. The molecule has 150 valence electrons. The summed E-state index contributed by atoms with van der Waals surface area (Å²) in [4.78, 5) is 15.9. The monoisotopic (exact) mass is 394 g/mol. The number of hydrogen-bond donors (Lipinski definition) is 0. The van der Waals surface area contributed by atoms with Gasteiger partial charge in [-0.25, -0.2) is 0 Å². The number of piperidine rings is 1. The smallest absolute Gasteiger partial charge is 0.417 e. The molecule has 3 rings (SSSR count). The molecule has 0 bridgehead atoms. The predicted molar refractivity (Wildman–Crippen MR) is 97.4 cm³/mol. The van der Waals surface area contributed by atoms with E-state index in [4.69, 9.17) is 4.74 Å². The van der Waals surface area contributed by atoms with Gasteiger partial charge in [0, 0.05) is 26.7 Å². The lowest BCUT2D eigenvalue weighted by molar-refractivity contribution is -0.138. The number of ether oxygens (including phenoxy) is 1. The second-order valence-corrected chi connectivity index (χ2v) is 6.80. The van der Waals surface area contributed by atoms with Crippen LogP contribution in [0.25, 0.3) is 0 Å². The van der Waals surface area contributed by atoms with Gasteiger partial charge in [0.15, 0.2) is 5.82 Å². The molecule has 9 heteroatoms. The Hall–Kier alpha value is -2.84. The second-order valence-electron chi connectivity index (χ2n) is 6.80. The normalized spacial score (nSPS) is 17.3. The second kappa shape index (κ2) is 8.04. The van der Waals surface area contributed by atoms with Gasteiger partial charge in [-0.05, 0) is 31.0 Å². The number of halogens is 3. The van der Waals surface area contributed by atoms with Crippen molar-refractivity contribution >= 4 is 11.7 Å². The fourth-order valence-electron chi connectivity index (χ4n) is 3.09. The Morgan fingerprint density at radius 2 is 1.93 bits per heavy atom. The number of anilines is 1. The van der Waals surface area contributed by atoms with Crippen molar-refractivity contribution in [2.45, 2.75) is 25.1 Å². The molecule has 1 aromatic carbocycles. The van der Waals surface area contributed by atoms with E-state index in [1.807, 2.05) is 14.1 Å². The number of carbonyl (C=O) groups excluding carboxylic acids is 1. The molecule has 28 heavy (non-hydrogen) atoms. The quantitative estimate of drug-likeness (QED) is 0.797. The molecule has 0 N–H and O–H groups in total. The number of amides is 1. The van der Waals surface area contributed by atoms with E-state index in [0.29, 0.717) is 31.1 Å². The van der Waals surface area contributed by atoms with Crippen LogP contribution >= 0.6 is 0 Å². The van der Waals surface area contributed by atoms with Crippen molar-refractivity contribution in [3.63, 3.8) is 0 Å². The van der Waals surface area contributed by atoms with E-state index in [9.17, 15) is 18.0 Å². The summed E-state index contributed by atoms with van der Waals surface area (Å²) in [7, 11) is 3.68. The topological polar surface area (TPSA) is 58.6 Å². The number of rotatable bonds is 4. The first-order valence-electron chi connectivity index (χ1n) is 8.89. The summed E-state index contributed by atoms with van der Waals surface area (Å²) in [6, 6.07) is 8.28. The van der Waals surface area contributed by atoms with Crippen LogP contribution in [0.2, 0.25) is 0 Å². The first kappa shape index (κ1) is 19.9. The Bertz CT molecular complexity index is 825. The van der Waals surface area contributed by atoms with Crippen LogP contribution in [-0.2, 0) is 6.18 Å². The Morgan fingerprint density at radius 1 is 1.18 bits per heavy atom. The maximum atomic E-state index is 13.2. The molecule has 1 aliphatic rings. The van der Waals surface area contributed by atoms with Gasteiger partial charge >= 0.3 is 6.18 Å². The van der Waals surface area contributed by atoms with E-state index in [1.54, 1.807) is 17.0 Å².